The van der Waals surface area contributed by atoms with Crippen molar-refractivity contribution in [3.63, 3.8) is 0 Å². The van der Waals surface area contributed by atoms with E-state index in [1.165, 1.54) is 0 Å². The van der Waals surface area contributed by atoms with E-state index in [4.69, 9.17) is 17.2 Å². The van der Waals surface area contributed by atoms with Crippen molar-refractivity contribution in [3.8, 4) is 0 Å². The van der Waals surface area contributed by atoms with Gasteiger partial charge in [0, 0.05) is 6.54 Å². The van der Waals surface area contributed by atoms with E-state index in [9.17, 15) is 9.59 Å². The molecule has 0 aliphatic rings. The van der Waals surface area contributed by atoms with Gasteiger partial charge in [-0.25, -0.2) is 0 Å². The van der Waals surface area contributed by atoms with E-state index >= 15 is 0 Å². The Hall–Kier alpha value is -2.24. The Kier molecular flexibility index (Phi) is 4.74. The lowest BCUT2D eigenvalue weighted by molar-refractivity contribution is -0.116. The van der Waals surface area contributed by atoms with Crippen molar-refractivity contribution >= 4 is 23.2 Å². The molecule has 0 spiro atoms. The third kappa shape index (κ3) is 3.87. The molecule has 0 heterocycles. The van der Waals surface area contributed by atoms with Crippen molar-refractivity contribution in [1.29, 1.82) is 0 Å². The maximum atomic E-state index is 11.5. The topological polar surface area (TPSA) is 115 Å². The summed E-state index contributed by atoms with van der Waals surface area (Å²) in [5.41, 5.74) is 17.7. The Morgan fingerprint density at radius 2 is 1.89 bits per heavy atom. The molecule has 104 valence electrons. The fraction of sp³-hybridized carbons (Fsp3) is 0.385. The second-order valence-corrected chi connectivity index (χ2v) is 4.85. The highest BCUT2D eigenvalue weighted by Gasteiger charge is 2.19. The Balaban J connectivity index is 3.27. The van der Waals surface area contributed by atoms with Crippen LogP contribution in [0, 0.1) is 5.92 Å². The molecule has 0 unspecified atom stereocenters. The number of hydrogen-bond acceptors (Lipinski definition) is 4. The van der Waals surface area contributed by atoms with E-state index < -0.39 is 11.8 Å². The molecule has 1 aromatic carbocycles. The lowest BCUT2D eigenvalue weighted by Gasteiger charge is -2.28. The van der Waals surface area contributed by atoms with Gasteiger partial charge in [0.25, 0.3) is 5.91 Å². The van der Waals surface area contributed by atoms with Crippen molar-refractivity contribution in [2.75, 3.05) is 23.7 Å². The molecule has 6 heteroatoms. The van der Waals surface area contributed by atoms with Crippen LogP contribution in [0.2, 0.25) is 0 Å². The van der Waals surface area contributed by atoms with Gasteiger partial charge in [0.2, 0.25) is 5.91 Å². The summed E-state index contributed by atoms with van der Waals surface area (Å²) in [6.45, 7) is 4.54. The molecule has 0 radical (unpaired) electrons. The number of carbonyl (C=O) groups excluding carboxylic acids is 2. The minimum absolute atomic E-state index is 0.00727. The van der Waals surface area contributed by atoms with Gasteiger partial charge < -0.3 is 22.1 Å². The van der Waals surface area contributed by atoms with Crippen LogP contribution in [0.15, 0.2) is 18.2 Å². The molecule has 0 aromatic heterocycles. The predicted molar refractivity (Wildman–Crippen MR) is 75.6 cm³/mol. The van der Waals surface area contributed by atoms with Gasteiger partial charge in [-0.05, 0) is 18.1 Å². The minimum Gasteiger partial charge on any atom is -0.397 e. The lowest BCUT2D eigenvalue weighted by atomic mass is 10.1. The van der Waals surface area contributed by atoms with Crippen molar-refractivity contribution in [1.82, 2.24) is 0 Å². The van der Waals surface area contributed by atoms with Crippen molar-refractivity contribution in [2.45, 2.75) is 13.8 Å². The molecule has 0 fully saturated rings. The number of nitrogens with zero attached hydrogens (tertiary/aromatic N) is 1. The van der Waals surface area contributed by atoms with Gasteiger partial charge in [0.05, 0.1) is 23.5 Å². The van der Waals surface area contributed by atoms with Crippen LogP contribution in [-0.2, 0) is 4.79 Å². The zero-order valence-corrected chi connectivity index (χ0v) is 11.2. The first kappa shape index (κ1) is 14.8. The summed E-state index contributed by atoms with van der Waals surface area (Å²) in [4.78, 5) is 24.4. The zero-order valence-electron chi connectivity index (χ0n) is 11.2. The second-order valence-electron chi connectivity index (χ2n) is 4.85. The predicted octanol–water partition coefficient (Wildman–Crippen LogP) is 0.315. The number of nitrogen functional groups attached to an aromatic ring is 1. The van der Waals surface area contributed by atoms with Gasteiger partial charge in [-0.15, -0.1) is 0 Å². The van der Waals surface area contributed by atoms with Crippen molar-refractivity contribution < 1.29 is 9.59 Å². The number of carbonyl (C=O) groups is 2. The van der Waals surface area contributed by atoms with E-state index in [1.807, 2.05) is 13.8 Å². The average molecular weight is 264 g/mol. The summed E-state index contributed by atoms with van der Waals surface area (Å²) < 4.78 is 0. The second kappa shape index (κ2) is 6.08. The first-order valence-electron chi connectivity index (χ1n) is 6.04. The Morgan fingerprint density at radius 3 is 2.37 bits per heavy atom. The molecule has 1 aromatic rings. The molecular formula is C13H20N4O2. The molecule has 6 nitrogen and oxygen atoms in total. The molecule has 0 saturated heterocycles. The molecule has 0 bridgehead atoms. The van der Waals surface area contributed by atoms with E-state index in [2.05, 4.69) is 0 Å². The van der Waals surface area contributed by atoms with E-state index in [0.717, 1.165) is 0 Å². The molecule has 2 amide bonds. The number of para-hydroxylation sites is 1. The van der Waals surface area contributed by atoms with E-state index in [-0.39, 0.29) is 12.5 Å². The fourth-order valence-electron chi connectivity index (χ4n) is 1.98. The standard InChI is InChI=1S/C13H20N4O2/c1-8(2)6-17(7-11(15)18)12-9(13(16)19)4-3-5-10(12)14/h3-5,8H,6-7,14H2,1-2H3,(H2,15,18)(H2,16,19). The van der Waals surface area contributed by atoms with Gasteiger partial charge >= 0.3 is 0 Å². The Morgan fingerprint density at radius 1 is 1.26 bits per heavy atom. The summed E-state index contributed by atoms with van der Waals surface area (Å²) in [7, 11) is 0. The fourth-order valence-corrected chi connectivity index (χ4v) is 1.98. The van der Waals surface area contributed by atoms with E-state index in [0.29, 0.717) is 23.5 Å². The van der Waals surface area contributed by atoms with Gasteiger partial charge in [0.15, 0.2) is 0 Å². The highest BCUT2D eigenvalue weighted by Crippen LogP contribution is 2.28. The first-order chi connectivity index (χ1) is 8.82. The van der Waals surface area contributed by atoms with Crippen LogP contribution in [0.4, 0.5) is 11.4 Å². The van der Waals surface area contributed by atoms with Crippen LogP contribution < -0.4 is 22.1 Å². The summed E-state index contributed by atoms with van der Waals surface area (Å²) in [6, 6.07) is 4.90. The smallest absolute Gasteiger partial charge is 0.250 e. The number of rotatable bonds is 6. The highest BCUT2D eigenvalue weighted by molar-refractivity contribution is 6.02. The molecule has 0 atom stereocenters. The quantitative estimate of drug-likeness (QED) is 0.641. The SMILES string of the molecule is CC(C)CN(CC(N)=O)c1c(N)cccc1C(N)=O. The first-order valence-corrected chi connectivity index (χ1v) is 6.04. The lowest BCUT2D eigenvalue weighted by Crippen LogP contribution is -2.38. The summed E-state index contributed by atoms with van der Waals surface area (Å²) in [5, 5.41) is 0. The number of benzene rings is 1. The number of primary amides is 2. The number of amides is 2. The molecule has 1 rings (SSSR count). The largest absolute Gasteiger partial charge is 0.397 e. The minimum atomic E-state index is -0.583. The maximum Gasteiger partial charge on any atom is 0.250 e. The van der Waals surface area contributed by atoms with Gasteiger partial charge in [-0.2, -0.15) is 0 Å². The molecular weight excluding hydrogens is 244 g/mol. The molecule has 0 aliphatic heterocycles. The monoisotopic (exact) mass is 264 g/mol. The Labute approximate surface area is 112 Å². The number of nitrogens with two attached hydrogens (primary N) is 3. The van der Waals surface area contributed by atoms with Crippen LogP contribution in [-0.4, -0.2) is 24.9 Å². The van der Waals surface area contributed by atoms with Gasteiger partial charge in [0.1, 0.15) is 0 Å². The Bertz CT molecular complexity index is 486. The number of hydrogen-bond donors (Lipinski definition) is 3. The molecule has 0 aliphatic carbocycles. The third-order valence-corrected chi connectivity index (χ3v) is 2.58. The third-order valence-electron chi connectivity index (χ3n) is 2.58. The summed E-state index contributed by atoms with van der Waals surface area (Å²) >= 11 is 0. The van der Waals surface area contributed by atoms with Crippen LogP contribution in [0.1, 0.15) is 24.2 Å². The average Bonchev–Trinajstić information content (AvgIpc) is 2.26. The maximum absolute atomic E-state index is 11.5. The summed E-state index contributed by atoms with van der Waals surface area (Å²) in [5.74, 6) is -0.792. The van der Waals surface area contributed by atoms with Crippen LogP contribution >= 0.6 is 0 Å². The van der Waals surface area contributed by atoms with Crippen LogP contribution in [0.3, 0.4) is 0 Å². The van der Waals surface area contributed by atoms with Crippen LogP contribution in [0.25, 0.3) is 0 Å². The molecule has 19 heavy (non-hydrogen) atoms. The molecule has 0 saturated carbocycles. The highest BCUT2D eigenvalue weighted by atomic mass is 16.1. The van der Waals surface area contributed by atoms with Gasteiger partial charge in [-0.3, -0.25) is 9.59 Å². The summed E-state index contributed by atoms with van der Waals surface area (Å²) in [6.07, 6.45) is 0. The van der Waals surface area contributed by atoms with Crippen LogP contribution in [0.5, 0.6) is 0 Å². The zero-order chi connectivity index (χ0) is 14.6. The molecule has 6 N–H and O–H groups in total. The van der Waals surface area contributed by atoms with E-state index in [1.54, 1.807) is 23.1 Å². The van der Waals surface area contributed by atoms with Crippen molar-refractivity contribution in [2.24, 2.45) is 17.4 Å². The number of anilines is 2. The normalized spacial score (nSPS) is 10.5. The van der Waals surface area contributed by atoms with Gasteiger partial charge in [-0.1, -0.05) is 19.9 Å². The van der Waals surface area contributed by atoms with Crippen molar-refractivity contribution in [3.05, 3.63) is 23.8 Å².